The molecule has 0 aromatic heterocycles. The van der Waals surface area contributed by atoms with Gasteiger partial charge in [0.15, 0.2) is 0 Å². The molecule has 0 bridgehead atoms. The van der Waals surface area contributed by atoms with Crippen LogP contribution in [0.3, 0.4) is 0 Å². The molecule has 48 valence electrons. The Labute approximate surface area is 65.8 Å². The number of thioether (sulfide) groups is 1. The van der Waals surface area contributed by atoms with Crippen LogP contribution in [0.1, 0.15) is 20.8 Å². The van der Waals surface area contributed by atoms with Gasteiger partial charge in [-0.15, -0.1) is 24.4 Å². The van der Waals surface area contributed by atoms with Crippen LogP contribution in [-0.2, 0) is 0 Å². The first-order valence-electron chi connectivity index (χ1n) is 2.34. The summed E-state index contributed by atoms with van der Waals surface area (Å²) in [5.41, 5.74) is 0. The second-order valence-corrected chi connectivity index (χ2v) is 6.04. The quantitative estimate of drug-likeness (QED) is 0.434. The third-order valence-electron chi connectivity index (χ3n) is 0.393. The first kappa shape index (κ1) is 8.79. The molecule has 0 saturated heterocycles. The van der Waals surface area contributed by atoms with E-state index in [0.29, 0.717) is 0 Å². The van der Waals surface area contributed by atoms with Crippen molar-refractivity contribution in [2.75, 3.05) is 0 Å². The normalized spacial score (nSPS) is 11.5. The fourth-order valence-electron chi connectivity index (χ4n) is 0.262. The summed E-state index contributed by atoms with van der Waals surface area (Å²) >= 11 is 10.4. The van der Waals surface area contributed by atoms with Gasteiger partial charge in [-0.3, -0.25) is 0 Å². The van der Waals surface area contributed by atoms with Crippen molar-refractivity contribution in [2.24, 2.45) is 0 Å². The highest BCUT2D eigenvalue weighted by molar-refractivity contribution is 8.42. The van der Waals surface area contributed by atoms with Crippen LogP contribution in [0, 0.1) is 0 Å². The average molecular weight is 166 g/mol. The van der Waals surface area contributed by atoms with E-state index in [1.165, 1.54) is 0 Å². The molecule has 3 heteroatoms. The molecule has 0 saturated carbocycles. The number of rotatable bonds is 0. The molecule has 0 heterocycles. The molecule has 0 spiro atoms. The predicted molar refractivity (Wildman–Crippen MR) is 48.9 cm³/mol. The van der Waals surface area contributed by atoms with Crippen LogP contribution in [0.25, 0.3) is 0 Å². The molecule has 0 N–H and O–H groups in total. The standard InChI is InChI=1S/C5H10S3/c1-5(2,3)8-4(6)7/h1-3H3,(H,6,7). The van der Waals surface area contributed by atoms with Gasteiger partial charge in [0, 0.05) is 4.75 Å². The Balaban J connectivity index is 3.55. The van der Waals surface area contributed by atoms with Crippen molar-refractivity contribution in [2.45, 2.75) is 25.5 Å². The number of hydrogen-bond acceptors (Lipinski definition) is 2. The lowest BCUT2D eigenvalue weighted by molar-refractivity contribution is 0.809. The summed E-state index contributed by atoms with van der Waals surface area (Å²) in [6.45, 7) is 6.33. The third-order valence-corrected chi connectivity index (χ3v) is 1.70. The van der Waals surface area contributed by atoms with Gasteiger partial charge in [0.2, 0.25) is 0 Å². The molecule has 8 heavy (non-hydrogen) atoms. The first-order valence-corrected chi connectivity index (χ1v) is 4.01. The van der Waals surface area contributed by atoms with E-state index in [1.54, 1.807) is 11.8 Å². The monoisotopic (exact) mass is 166 g/mol. The van der Waals surface area contributed by atoms with E-state index in [4.69, 9.17) is 12.2 Å². The minimum atomic E-state index is 0.221. The molecule has 0 amide bonds. The average Bonchev–Trinajstić information content (AvgIpc) is 1.21. The number of hydrogen-bond donors (Lipinski definition) is 1. The van der Waals surface area contributed by atoms with E-state index in [0.717, 1.165) is 3.53 Å². The van der Waals surface area contributed by atoms with Crippen LogP contribution in [0.2, 0.25) is 0 Å². The lowest BCUT2D eigenvalue weighted by Gasteiger charge is -2.14. The Morgan fingerprint density at radius 3 is 1.88 bits per heavy atom. The third kappa shape index (κ3) is 6.79. The molecule has 0 fully saturated rings. The van der Waals surface area contributed by atoms with Gasteiger partial charge in [0.05, 0.1) is 0 Å². The summed E-state index contributed by atoms with van der Waals surface area (Å²) < 4.78 is 0.941. The van der Waals surface area contributed by atoms with Crippen LogP contribution in [0.4, 0.5) is 0 Å². The highest BCUT2D eigenvalue weighted by Gasteiger charge is 2.10. The highest BCUT2D eigenvalue weighted by atomic mass is 32.2. The van der Waals surface area contributed by atoms with Gasteiger partial charge < -0.3 is 0 Å². The van der Waals surface area contributed by atoms with E-state index in [1.807, 2.05) is 0 Å². The summed E-state index contributed by atoms with van der Waals surface area (Å²) in [4.78, 5) is 0. The molecule has 0 radical (unpaired) electrons. The van der Waals surface area contributed by atoms with Crippen LogP contribution >= 0.6 is 36.6 Å². The molecule has 0 aliphatic heterocycles. The van der Waals surface area contributed by atoms with Crippen LogP contribution in [0.5, 0.6) is 0 Å². The van der Waals surface area contributed by atoms with Gasteiger partial charge in [0.25, 0.3) is 0 Å². The van der Waals surface area contributed by atoms with Crippen molar-refractivity contribution in [3.05, 3.63) is 0 Å². The van der Waals surface area contributed by atoms with Gasteiger partial charge in [-0.25, -0.2) is 0 Å². The molecule has 0 aromatic rings. The highest BCUT2D eigenvalue weighted by Crippen LogP contribution is 2.25. The fraction of sp³-hybridized carbons (Fsp3) is 0.800. The van der Waals surface area contributed by atoms with Crippen LogP contribution in [0.15, 0.2) is 0 Å². The Bertz CT molecular complexity index is 90.3. The van der Waals surface area contributed by atoms with Crippen molar-refractivity contribution in [3.63, 3.8) is 0 Å². The van der Waals surface area contributed by atoms with E-state index in [9.17, 15) is 0 Å². The minimum Gasteiger partial charge on any atom is -0.125 e. The second-order valence-electron chi connectivity index (χ2n) is 2.48. The number of thiocarbonyl (C=S) groups is 1. The Morgan fingerprint density at radius 1 is 1.50 bits per heavy atom. The molecular weight excluding hydrogens is 156 g/mol. The van der Waals surface area contributed by atoms with E-state index in [-0.39, 0.29) is 4.75 Å². The molecule has 0 atom stereocenters. The zero-order chi connectivity index (χ0) is 6.78. The maximum atomic E-state index is 4.77. The van der Waals surface area contributed by atoms with Crippen LogP contribution < -0.4 is 0 Å². The van der Waals surface area contributed by atoms with Crippen molar-refractivity contribution in [1.82, 2.24) is 0 Å². The Hall–Kier alpha value is 0.790. The van der Waals surface area contributed by atoms with E-state index < -0.39 is 0 Å². The first-order chi connectivity index (χ1) is 3.42. The Kier molecular flexibility index (Phi) is 3.39. The zero-order valence-corrected chi connectivity index (χ0v) is 7.79. The topological polar surface area (TPSA) is 0 Å². The van der Waals surface area contributed by atoms with Crippen LogP contribution in [-0.4, -0.2) is 8.28 Å². The van der Waals surface area contributed by atoms with Crippen molar-refractivity contribution in [3.8, 4) is 0 Å². The molecule has 0 aliphatic carbocycles. The summed E-state index contributed by atoms with van der Waals surface area (Å²) in [5, 5.41) is 0. The SMILES string of the molecule is CC(C)(C)SC(=S)S. The minimum absolute atomic E-state index is 0.221. The lowest BCUT2D eigenvalue weighted by atomic mass is 10.3. The van der Waals surface area contributed by atoms with Crippen molar-refractivity contribution < 1.29 is 0 Å². The molecule has 0 nitrogen and oxygen atoms in total. The Morgan fingerprint density at radius 2 is 1.88 bits per heavy atom. The van der Waals surface area contributed by atoms with Gasteiger partial charge in [-0.1, -0.05) is 33.0 Å². The number of thiol groups is 1. The van der Waals surface area contributed by atoms with Crippen molar-refractivity contribution in [1.29, 1.82) is 0 Å². The molecular formula is C5H10S3. The lowest BCUT2D eigenvalue weighted by Crippen LogP contribution is -2.07. The van der Waals surface area contributed by atoms with Gasteiger partial charge >= 0.3 is 0 Å². The maximum absolute atomic E-state index is 4.77. The largest absolute Gasteiger partial charge is 0.125 e. The summed E-state index contributed by atoms with van der Waals surface area (Å²) in [6, 6.07) is 0. The molecule has 0 unspecified atom stereocenters. The fourth-order valence-corrected chi connectivity index (χ4v) is 2.36. The second kappa shape index (κ2) is 3.08. The zero-order valence-electron chi connectivity index (χ0n) is 5.26. The molecule has 0 rings (SSSR count). The van der Waals surface area contributed by atoms with Gasteiger partial charge in [0.1, 0.15) is 3.53 Å². The van der Waals surface area contributed by atoms with E-state index in [2.05, 4.69) is 33.4 Å². The smallest absolute Gasteiger partial charge is 0.101 e. The summed E-state index contributed by atoms with van der Waals surface area (Å²) in [6.07, 6.45) is 0. The predicted octanol–water partition coefficient (Wildman–Crippen LogP) is 2.73. The summed E-state index contributed by atoms with van der Waals surface area (Å²) in [7, 11) is 0. The molecule has 0 aromatic carbocycles. The van der Waals surface area contributed by atoms with Crippen molar-refractivity contribution >= 4 is 40.1 Å². The molecule has 0 aliphatic rings. The maximum Gasteiger partial charge on any atom is 0.101 e. The van der Waals surface area contributed by atoms with Gasteiger partial charge in [-0.05, 0) is 0 Å². The van der Waals surface area contributed by atoms with Gasteiger partial charge in [-0.2, -0.15) is 0 Å². The van der Waals surface area contributed by atoms with E-state index >= 15 is 0 Å². The summed E-state index contributed by atoms with van der Waals surface area (Å²) in [5.74, 6) is 0.